The topological polar surface area (TPSA) is 38.1 Å². The summed E-state index contributed by atoms with van der Waals surface area (Å²) in [7, 11) is 0. The highest BCUT2D eigenvalue weighted by atomic mass is 16.3. The lowest BCUT2D eigenvalue weighted by molar-refractivity contribution is 0.483. The predicted molar refractivity (Wildman–Crippen MR) is 79.3 cm³/mol. The molecular weight excluding hydrogens is 248 g/mol. The Morgan fingerprint density at radius 1 is 1.10 bits per heavy atom. The maximum Gasteiger partial charge on any atom is 0.126 e. The number of pyridine rings is 1. The van der Waals surface area contributed by atoms with Gasteiger partial charge in [-0.15, -0.1) is 0 Å². The number of nitrogens with one attached hydrogen (secondary N) is 1. The predicted octanol–water partition coefficient (Wildman–Crippen LogP) is 3.75. The zero-order chi connectivity index (χ0) is 13.4. The van der Waals surface area contributed by atoms with Crippen LogP contribution in [-0.4, -0.2) is 11.0 Å². The van der Waals surface area contributed by atoms with Crippen LogP contribution >= 0.6 is 0 Å². The summed E-state index contributed by atoms with van der Waals surface area (Å²) in [4.78, 5) is 4.73. The third-order valence-corrected chi connectivity index (χ3v) is 3.75. The van der Waals surface area contributed by atoms with Gasteiger partial charge in [0, 0.05) is 17.0 Å². The Balaban J connectivity index is 1.69. The lowest BCUT2D eigenvalue weighted by atomic mass is 10.1. The van der Waals surface area contributed by atoms with E-state index in [0.717, 1.165) is 34.5 Å². The van der Waals surface area contributed by atoms with Crippen LogP contribution in [0.4, 0.5) is 0 Å². The van der Waals surface area contributed by atoms with Crippen molar-refractivity contribution < 1.29 is 4.42 Å². The Bertz CT molecular complexity index is 743. The van der Waals surface area contributed by atoms with Gasteiger partial charge in [0.2, 0.25) is 0 Å². The minimum absolute atomic E-state index is 0.678. The van der Waals surface area contributed by atoms with Gasteiger partial charge in [-0.2, -0.15) is 0 Å². The standard InChI is InChI=1S/C17H16N2O/c1-2-4-15-12(3-1)5-8-16(19-15)14-9-10-20-17(14)11-18-13-6-7-13/h1-5,8-10,13,18H,6-7,11H2. The van der Waals surface area contributed by atoms with Crippen molar-refractivity contribution in [1.82, 2.24) is 10.3 Å². The molecule has 0 amide bonds. The molecule has 0 radical (unpaired) electrons. The first-order valence-corrected chi connectivity index (χ1v) is 7.06. The van der Waals surface area contributed by atoms with E-state index in [4.69, 9.17) is 9.40 Å². The number of nitrogens with zero attached hydrogens (tertiary/aromatic N) is 1. The van der Waals surface area contributed by atoms with E-state index in [9.17, 15) is 0 Å². The third kappa shape index (κ3) is 2.21. The molecular formula is C17H16N2O. The van der Waals surface area contributed by atoms with E-state index in [0.29, 0.717) is 6.04 Å². The van der Waals surface area contributed by atoms with Gasteiger partial charge in [0.15, 0.2) is 0 Å². The second-order valence-corrected chi connectivity index (χ2v) is 5.30. The molecule has 1 N–H and O–H groups in total. The molecule has 0 bridgehead atoms. The molecule has 0 spiro atoms. The van der Waals surface area contributed by atoms with E-state index in [1.54, 1.807) is 6.26 Å². The van der Waals surface area contributed by atoms with E-state index in [1.807, 2.05) is 24.3 Å². The fraction of sp³-hybridized carbons (Fsp3) is 0.235. The molecule has 4 rings (SSSR count). The molecule has 0 saturated heterocycles. The molecule has 1 fully saturated rings. The van der Waals surface area contributed by atoms with Crippen LogP contribution in [0.15, 0.2) is 53.1 Å². The Morgan fingerprint density at radius 3 is 2.90 bits per heavy atom. The Kier molecular flexibility index (Phi) is 2.78. The highest BCUT2D eigenvalue weighted by Gasteiger charge is 2.21. The van der Waals surface area contributed by atoms with Crippen molar-refractivity contribution >= 4 is 10.9 Å². The first-order valence-electron chi connectivity index (χ1n) is 7.06. The molecule has 3 heteroatoms. The van der Waals surface area contributed by atoms with Gasteiger partial charge in [-0.05, 0) is 31.0 Å². The summed E-state index contributed by atoms with van der Waals surface area (Å²) < 4.78 is 5.61. The third-order valence-electron chi connectivity index (χ3n) is 3.75. The highest BCUT2D eigenvalue weighted by molar-refractivity contribution is 5.81. The van der Waals surface area contributed by atoms with Crippen molar-refractivity contribution in [2.24, 2.45) is 0 Å². The monoisotopic (exact) mass is 264 g/mol. The summed E-state index contributed by atoms with van der Waals surface area (Å²) in [5.41, 5.74) is 3.08. The fourth-order valence-corrected chi connectivity index (χ4v) is 2.45. The minimum atomic E-state index is 0.678. The minimum Gasteiger partial charge on any atom is -0.467 e. The zero-order valence-corrected chi connectivity index (χ0v) is 11.2. The molecule has 2 aromatic heterocycles. The molecule has 0 atom stereocenters. The quantitative estimate of drug-likeness (QED) is 0.780. The van der Waals surface area contributed by atoms with E-state index in [2.05, 4.69) is 23.5 Å². The van der Waals surface area contributed by atoms with Gasteiger partial charge >= 0.3 is 0 Å². The van der Waals surface area contributed by atoms with Crippen molar-refractivity contribution in [2.75, 3.05) is 0 Å². The SMILES string of the molecule is c1ccc2nc(-c3ccoc3CNC3CC3)ccc2c1. The number of furan rings is 1. The molecule has 20 heavy (non-hydrogen) atoms. The molecule has 0 unspecified atom stereocenters. The van der Waals surface area contributed by atoms with E-state index < -0.39 is 0 Å². The maximum absolute atomic E-state index is 5.61. The van der Waals surface area contributed by atoms with Gasteiger partial charge in [0.05, 0.1) is 24.0 Å². The number of rotatable bonds is 4. The molecule has 0 aliphatic heterocycles. The first kappa shape index (κ1) is 11.7. The average molecular weight is 264 g/mol. The average Bonchev–Trinajstić information content (AvgIpc) is 3.21. The summed E-state index contributed by atoms with van der Waals surface area (Å²) in [6.45, 7) is 0.779. The van der Waals surface area contributed by atoms with Crippen LogP contribution in [0.1, 0.15) is 18.6 Å². The van der Waals surface area contributed by atoms with Gasteiger partial charge in [-0.1, -0.05) is 24.3 Å². The van der Waals surface area contributed by atoms with Gasteiger partial charge in [0.1, 0.15) is 5.76 Å². The molecule has 1 aliphatic rings. The number of benzene rings is 1. The Morgan fingerprint density at radius 2 is 2.00 bits per heavy atom. The number of aromatic nitrogens is 1. The second kappa shape index (κ2) is 4.76. The van der Waals surface area contributed by atoms with Crippen LogP contribution < -0.4 is 5.32 Å². The number of para-hydroxylation sites is 1. The van der Waals surface area contributed by atoms with Crippen molar-refractivity contribution in [3.8, 4) is 11.3 Å². The fourth-order valence-electron chi connectivity index (χ4n) is 2.45. The van der Waals surface area contributed by atoms with Crippen LogP contribution in [0.2, 0.25) is 0 Å². The molecule has 1 aliphatic carbocycles. The van der Waals surface area contributed by atoms with Crippen molar-refractivity contribution in [1.29, 1.82) is 0 Å². The summed E-state index contributed by atoms with van der Waals surface area (Å²) in [5, 5.41) is 4.65. The van der Waals surface area contributed by atoms with Crippen LogP contribution in [0.3, 0.4) is 0 Å². The van der Waals surface area contributed by atoms with E-state index in [-0.39, 0.29) is 0 Å². The lowest BCUT2D eigenvalue weighted by Gasteiger charge is -2.05. The molecule has 2 heterocycles. The molecule has 1 saturated carbocycles. The smallest absolute Gasteiger partial charge is 0.126 e. The van der Waals surface area contributed by atoms with Crippen molar-refractivity contribution in [3.63, 3.8) is 0 Å². The second-order valence-electron chi connectivity index (χ2n) is 5.30. The zero-order valence-electron chi connectivity index (χ0n) is 11.2. The van der Waals surface area contributed by atoms with Gasteiger partial charge in [-0.3, -0.25) is 0 Å². The van der Waals surface area contributed by atoms with Crippen LogP contribution in [0, 0.1) is 0 Å². The van der Waals surface area contributed by atoms with Gasteiger partial charge < -0.3 is 9.73 Å². The first-order chi connectivity index (χ1) is 9.90. The van der Waals surface area contributed by atoms with Crippen LogP contribution in [0.25, 0.3) is 22.2 Å². The van der Waals surface area contributed by atoms with Crippen molar-refractivity contribution in [3.05, 3.63) is 54.5 Å². The number of hydrogen-bond acceptors (Lipinski definition) is 3. The molecule has 3 aromatic rings. The summed E-state index contributed by atoms with van der Waals surface area (Å²) >= 11 is 0. The number of hydrogen-bond donors (Lipinski definition) is 1. The van der Waals surface area contributed by atoms with Gasteiger partial charge in [0.25, 0.3) is 0 Å². The molecule has 1 aromatic carbocycles. The summed E-state index contributed by atoms with van der Waals surface area (Å²) in [6, 6.07) is 15.0. The largest absolute Gasteiger partial charge is 0.467 e. The summed E-state index contributed by atoms with van der Waals surface area (Å²) in [5.74, 6) is 0.972. The summed E-state index contributed by atoms with van der Waals surface area (Å²) in [6.07, 6.45) is 4.31. The lowest BCUT2D eigenvalue weighted by Crippen LogP contribution is -2.15. The van der Waals surface area contributed by atoms with E-state index >= 15 is 0 Å². The highest BCUT2D eigenvalue weighted by Crippen LogP contribution is 2.26. The molecule has 100 valence electrons. The normalized spacial score (nSPS) is 14.8. The number of fused-ring (bicyclic) bond motifs is 1. The van der Waals surface area contributed by atoms with Crippen LogP contribution in [-0.2, 0) is 6.54 Å². The van der Waals surface area contributed by atoms with E-state index in [1.165, 1.54) is 12.8 Å². The van der Waals surface area contributed by atoms with Crippen molar-refractivity contribution in [2.45, 2.75) is 25.4 Å². The maximum atomic E-state index is 5.61. The molecule has 3 nitrogen and oxygen atoms in total. The Hall–Kier alpha value is -2.13. The van der Waals surface area contributed by atoms with Crippen LogP contribution in [0.5, 0.6) is 0 Å². The Labute approximate surface area is 117 Å². The van der Waals surface area contributed by atoms with Gasteiger partial charge in [-0.25, -0.2) is 4.98 Å².